The summed E-state index contributed by atoms with van der Waals surface area (Å²) in [4.78, 5) is 26.1. The second-order valence-electron chi connectivity index (χ2n) is 17.3. The van der Waals surface area contributed by atoms with Crippen molar-refractivity contribution >= 4 is 11.9 Å². The van der Waals surface area contributed by atoms with Gasteiger partial charge in [0.1, 0.15) is 6.10 Å². The van der Waals surface area contributed by atoms with Gasteiger partial charge in [0.05, 0.1) is 25.2 Å². The summed E-state index contributed by atoms with van der Waals surface area (Å²) in [7, 11) is 0. The predicted molar refractivity (Wildman–Crippen MR) is 259 cm³/mol. The van der Waals surface area contributed by atoms with Gasteiger partial charge >= 0.3 is 5.97 Å². The Morgan fingerprint density at radius 1 is 0.483 bits per heavy atom. The van der Waals surface area contributed by atoms with Crippen LogP contribution in [0.1, 0.15) is 245 Å². The van der Waals surface area contributed by atoms with Crippen molar-refractivity contribution < 1.29 is 24.5 Å². The molecule has 3 N–H and O–H groups in total. The molecule has 0 aliphatic heterocycles. The van der Waals surface area contributed by atoms with Gasteiger partial charge in [-0.1, -0.05) is 216 Å². The number of unbranched alkanes of at least 4 members (excludes halogenated alkanes) is 26. The van der Waals surface area contributed by atoms with E-state index in [9.17, 15) is 19.8 Å². The van der Waals surface area contributed by atoms with Gasteiger partial charge < -0.3 is 20.3 Å². The Balaban J connectivity index is 4.71. The smallest absolute Gasteiger partial charge is 0.306 e. The Kier molecular flexibility index (Phi) is 45.7. The highest BCUT2D eigenvalue weighted by Crippen LogP contribution is 2.17. The Morgan fingerprint density at radius 2 is 0.867 bits per heavy atom. The van der Waals surface area contributed by atoms with Gasteiger partial charge in [0, 0.05) is 6.42 Å². The molecule has 0 rings (SSSR count). The summed E-state index contributed by atoms with van der Waals surface area (Å²) in [6, 6.07) is -0.718. The summed E-state index contributed by atoms with van der Waals surface area (Å²) < 4.78 is 5.91. The molecule has 1 amide bonds. The van der Waals surface area contributed by atoms with E-state index in [1.165, 1.54) is 116 Å². The minimum absolute atomic E-state index is 0.0447. The van der Waals surface area contributed by atoms with Crippen LogP contribution in [0.2, 0.25) is 0 Å². The number of carbonyl (C=O) groups is 2. The van der Waals surface area contributed by atoms with Crippen molar-refractivity contribution in [2.24, 2.45) is 0 Å². The zero-order chi connectivity index (χ0) is 43.8. The van der Waals surface area contributed by atoms with Crippen molar-refractivity contribution in [3.05, 3.63) is 60.8 Å². The van der Waals surface area contributed by atoms with Crippen molar-refractivity contribution in [1.29, 1.82) is 0 Å². The number of rotatable bonds is 45. The SMILES string of the molecule is CCCCC/C=C/C=C/C=C/C=C/CCCCCC(CC(=O)NC(CO)C(O)CCCCCCCCCCCCC)OC(=O)CCCCC/C=C\CCCCCCCCC. The third-order valence-electron chi connectivity index (χ3n) is 11.4. The minimum atomic E-state index is -0.801. The lowest BCUT2D eigenvalue weighted by atomic mass is 10.0. The molecule has 0 aliphatic rings. The van der Waals surface area contributed by atoms with E-state index in [-0.39, 0.29) is 24.9 Å². The summed E-state index contributed by atoms with van der Waals surface area (Å²) in [6.07, 6.45) is 58.4. The first-order valence-corrected chi connectivity index (χ1v) is 25.6. The molecule has 6 nitrogen and oxygen atoms in total. The Labute approximate surface area is 371 Å². The average Bonchev–Trinajstić information content (AvgIpc) is 3.24. The van der Waals surface area contributed by atoms with Gasteiger partial charge in [-0.2, -0.15) is 0 Å². The van der Waals surface area contributed by atoms with Crippen LogP contribution in [0.15, 0.2) is 60.8 Å². The molecule has 0 spiro atoms. The molecule has 348 valence electrons. The van der Waals surface area contributed by atoms with Crippen molar-refractivity contribution in [3.63, 3.8) is 0 Å². The number of aliphatic hydroxyl groups is 2. The van der Waals surface area contributed by atoms with Crippen molar-refractivity contribution in [1.82, 2.24) is 5.32 Å². The summed E-state index contributed by atoms with van der Waals surface area (Å²) in [5.41, 5.74) is 0. The fraction of sp³-hybridized carbons (Fsp3) is 0.778. The first-order chi connectivity index (χ1) is 29.5. The van der Waals surface area contributed by atoms with Crippen LogP contribution in [0.5, 0.6) is 0 Å². The minimum Gasteiger partial charge on any atom is -0.462 e. The van der Waals surface area contributed by atoms with E-state index in [4.69, 9.17) is 4.74 Å². The van der Waals surface area contributed by atoms with E-state index in [1.54, 1.807) is 0 Å². The van der Waals surface area contributed by atoms with Crippen LogP contribution < -0.4 is 5.32 Å². The Morgan fingerprint density at radius 3 is 1.38 bits per heavy atom. The van der Waals surface area contributed by atoms with Crippen molar-refractivity contribution in [2.75, 3.05) is 6.61 Å². The van der Waals surface area contributed by atoms with Gasteiger partial charge in [0.25, 0.3) is 0 Å². The van der Waals surface area contributed by atoms with E-state index < -0.39 is 18.2 Å². The van der Waals surface area contributed by atoms with E-state index in [0.717, 1.165) is 83.5 Å². The van der Waals surface area contributed by atoms with Gasteiger partial charge in [0.15, 0.2) is 0 Å². The summed E-state index contributed by atoms with van der Waals surface area (Å²) in [6.45, 7) is 6.42. The zero-order valence-corrected chi connectivity index (χ0v) is 39.6. The maximum atomic E-state index is 13.2. The van der Waals surface area contributed by atoms with Crippen LogP contribution in [0.3, 0.4) is 0 Å². The van der Waals surface area contributed by atoms with Gasteiger partial charge in [-0.05, 0) is 77.0 Å². The quantitative estimate of drug-likeness (QED) is 0.0246. The molecule has 60 heavy (non-hydrogen) atoms. The molecule has 0 aromatic rings. The molecule has 0 bridgehead atoms. The lowest BCUT2D eigenvalue weighted by molar-refractivity contribution is -0.151. The molecule has 0 fully saturated rings. The molecule has 0 aliphatic carbocycles. The molecule has 0 saturated carbocycles. The van der Waals surface area contributed by atoms with Crippen LogP contribution in [0.4, 0.5) is 0 Å². The largest absolute Gasteiger partial charge is 0.462 e. The number of aliphatic hydroxyl groups excluding tert-OH is 2. The van der Waals surface area contributed by atoms with E-state index in [0.29, 0.717) is 19.3 Å². The number of esters is 1. The summed E-state index contributed by atoms with van der Waals surface area (Å²) in [5.74, 6) is -0.530. The number of hydrogen-bond donors (Lipinski definition) is 3. The first kappa shape index (κ1) is 57.6. The topological polar surface area (TPSA) is 95.9 Å². The monoisotopic (exact) mass is 840 g/mol. The number of ether oxygens (including phenoxy) is 1. The number of amides is 1. The van der Waals surface area contributed by atoms with Crippen LogP contribution >= 0.6 is 0 Å². The van der Waals surface area contributed by atoms with Crippen LogP contribution in [-0.4, -0.2) is 46.9 Å². The number of allylic oxidation sites excluding steroid dienone is 10. The van der Waals surface area contributed by atoms with Gasteiger partial charge in [0.2, 0.25) is 5.91 Å². The predicted octanol–water partition coefficient (Wildman–Crippen LogP) is 15.2. The van der Waals surface area contributed by atoms with Crippen LogP contribution in [0, 0.1) is 0 Å². The number of hydrogen-bond acceptors (Lipinski definition) is 5. The number of carbonyl (C=O) groups excluding carboxylic acids is 2. The molecule has 6 heteroatoms. The second-order valence-corrected chi connectivity index (χ2v) is 17.3. The fourth-order valence-electron chi connectivity index (χ4n) is 7.49. The normalized spacial score (nSPS) is 13.8. The van der Waals surface area contributed by atoms with Crippen LogP contribution in [0.25, 0.3) is 0 Å². The third kappa shape index (κ3) is 42.3. The maximum Gasteiger partial charge on any atom is 0.306 e. The summed E-state index contributed by atoms with van der Waals surface area (Å²) in [5, 5.41) is 23.7. The second kappa shape index (κ2) is 47.6. The third-order valence-corrected chi connectivity index (χ3v) is 11.4. The first-order valence-electron chi connectivity index (χ1n) is 25.6. The van der Waals surface area contributed by atoms with E-state index >= 15 is 0 Å². The Bertz CT molecular complexity index is 1080. The molecule has 0 heterocycles. The standard InChI is InChI=1S/C54H97NO5/c1-4-7-10-13-16-19-22-24-26-27-28-31-33-36-39-42-45-50(60-54(59)47-44-41-38-35-32-29-25-23-20-17-14-11-8-5-2)48-53(58)55-51(49-56)52(57)46-43-40-37-34-30-21-18-15-12-9-6-3/h16,19,22,24,26-29,31-32,50-52,56-57H,4-15,17-18,20-21,23,25,30,33-49H2,1-3H3,(H,55,58)/b19-16+,24-22+,27-26+,31-28+,32-29-. The zero-order valence-electron chi connectivity index (χ0n) is 39.6. The molecule has 0 saturated heterocycles. The molecule has 3 unspecified atom stereocenters. The molecule has 0 aromatic carbocycles. The highest BCUT2D eigenvalue weighted by Gasteiger charge is 2.24. The Hall–Kier alpha value is -2.44. The van der Waals surface area contributed by atoms with Gasteiger partial charge in [-0.3, -0.25) is 9.59 Å². The maximum absolute atomic E-state index is 13.2. The highest BCUT2D eigenvalue weighted by atomic mass is 16.5. The molecule has 0 radical (unpaired) electrons. The van der Waals surface area contributed by atoms with Gasteiger partial charge in [-0.15, -0.1) is 0 Å². The molecular formula is C54H97NO5. The number of nitrogens with one attached hydrogen (secondary N) is 1. The van der Waals surface area contributed by atoms with E-state index in [2.05, 4.69) is 80.8 Å². The summed E-state index contributed by atoms with van der Waals surface area (Å²) >= 11 is 0. The highest BCUT2D eigenvalue weighted by molar-refractivity contribution is 5.77. The van der Waals surface area contributed by atoms with Crippen molar-refractivity contribution in [3.8, 4) is 0 Å². The molecular weight excluding hydrogens is 743 g/mol. The lowest BCUT2D eigenvalue weighted by Crippen LogP contribution is -2.46. The average molecular weight is 840 g/mol. The van der Waals surface area contributed by atoms with Crippen LogP contribution in [-0.2, 0) is 14.3 Å². The van der Waals surface area contributed by atoms with Crippen molar-refractivity contribution in [2.45, 2.75) is 264 Å². The fourth-order valence-corrected chi connectivity index (χ4v) is 7.49. The molecule has 3 atom stereocenters. The molecule has 0 aromatic heterocycles. The van der Waals surface area contributed by atoms with Gasteiger partial charge in [-0.25, -0.2) is 0 Å². The lowest BCUT2D eigenvalue weighted by Gasteiger charge is -2.24. The van der Waals surface area contributed by atoms with E-state index in [1.807, 2.05) is 6.08 Å².